The molecule has 0 aromatic rings. The van der Waals surface area contributed by atoms with Crippen molar-refractivity contribution in [1.82, 2.24) is 0 Å². The highest BCUT2D eigenvalue weighted by molar-refractivity contribution is 6.65. The van der Waals surface area contributed by atoms with Crippen molar-refractivity contribution in [3.05, 3.63) is 24.8 Å². The van der Waals surface area contributed by atoms with Crippen molar-refractivity contribution < 1.29 is 4.79 Å². The molecule has 0 aliphatic rings. The second-order valence-corrected chi connectivity index (χ2v) is 4.13. The van der Waals surface area contributed by atoms with E-state index in [1.807, 2.05) is 6.92 Å². The summed E-state index contributed by atoms with van der Waals surface area (Å²) in [5.41, 5.74) is 0.355. The van der Waals surface area contributed by atoms with Crippen LogP contribution in [0.15, 0.2) is 24.8 Å². The maximum atomic E-state index is 11.4. The van der Waals surface area contributed by atoms with Gasteiger partial charge in [0, 0.05) is 0 Å². The van der Waals surface area contributed by atoms with Crippen molar-refractivity contribution in [2.75, 3.05) is 0 Å². The van der Waals surface area contributed by atoms with E-state index in [0.29, 0.717) is 6.42 Å². The minimum absolute atomic E-state index is 0.308. The van der Waals surface area contributed by atoms with E-state index in [1.165, 1.54) is 0 Å². The van der Waals surface area contributed by atoms with E-state index in [0.717, 1.165) is 24.8 Å². The second kappa shape index (κ2) is 6.02. The van der Waals surface area contributed by atoms with Crippen LogP contribution in [-0.4, -0.2) is 5.24 Å². The van der Waals surface area contributed by atoms with E-state index in [9.17, 15) is 4.79 Å². The summed E-state index contributed by atoms with van der Waals surface area (Å²) in [7, 11) is 0. The fraction of sp³-hybridized carbons (Fsp3) is 0.583. The zero-order valence-corrected chi connectivity index (χ0v) is 9.86. The summed E-state index contributed by atoms with van der Waals surface area (Å²) in [5, 5.41) is -0.308. The van der Waals surface area contributed by atoms with Gasteiger partial charge in [-0.25, -0.2) is 0 Å². The molecule has 1 unspecified atom stereocenters. The number of hydrogen-bond donors (Lipinski definition) is 0. The van der Waals surface area contributed by atoms with Crippen LogP contribution in [0.25, 0.3) is 0 Å². The van der Waals surface area contributed by atoms with Gasteiger partial charge in [0.2, 0.25) is 5.24 Å². The number of halogens is 1. The third-order valence-corrected chi connectivity index (χ3v) is 3.03. The van der Waals surface area contributed by atoms with Crippen LogP contribution < -0.4 is 0 Å². The van der Waals surface area contributed by atoms with Crippen LogP contribution in [0, 0.1) is 5.41 Å². The number of carbonyl (C=O) groups is 1. The first-order chi connectivity index (χ1) is 6.49. The highest BCUT2D eigenvalue weighted by Crippen LogP contribution is 2.36. The van der Waals surface area contributed by atoms with E-state index in [-0.39, 0.29) is 5.24 Å². The zero-order chi connectivity index (χ0) is 11.2. The molecule has 1 nitrogen and oxygen atoms in total. The van der Waals surface area contributed by atoms with Crippen LogP contribution >= 0.6 is 11.6 Å². The van der Waals surface area contributed by atoms with E-state index in [4.69, 9.17) is 11.6 Å². The molecule has 1 atom stereocenters. The standard InChI is InChI=1S/C12H19ClO/c1-5-7-9-12(4,11(13)14)10(3)8-6-2/h5H,1,3,6-9H2,2,4H3. The molecule has 0 aromatic heterocycles. The molecule has 0 bridgehead atoms. The van der Waals surface area contributed by atoms with Gasteiger partial charge in [0.15, 0.2) is 0 Å². The largest absolute Gasteiger partial charge is 0.280 e. The molecule has 0 amide bonds. The Kier molecular flexibility index (Phi) is 5.78. The summed E-state index contributed by atoms with van der Waals surface area (Å²) in [6, 6.07) is 0. The number of allylic oxidation sites excluding steroid dienone is 2. The fourth-order valence-electron chi connectivity index (χ4n) is 1.38. The van der Waals surface area contributed by atoms with Crippen molar-refractivity contribution in [2.45, 2.75) is 39.5 Å². The van der Waals surface area contributed by atoms with Gasteiger partial charge in [-0.05, 0) is 37.8 Å². The van der Waals surface area contributed by atoms with Gasteiger partial charge in [0.05, 0.1) is 5.41 Å². The lowest BCUT2D eigenvalue weighted by Gasteiger charge is -2.27. The van der Waals surface area contributed by atoms with E-state index < -0.39 is 5.41 Å². The Bertz CT molecular complexity index is 232. The summed E-state index contributed by atoms with van der Waals surface area (Å²) >= 11 is 5.62. The maximum Gasteiger partial charge on any atom is 0.231 e. The van der Waals surface area contributed by atoms with Gasteiger partial charge >= 0.3 is 0 Å². The molecule has 0 N–H and O–H groups in total. The quantitative estimate of drug-likeness (QED) is 0.461. The SMILES string of the molecule is C=CCCC(C)(C(=C)CCC)C(=O)Cl. The molecule has 0 saturated carbocycles. The predicted molar refractivity (Wildman–Crippen MR) is 62.4 cm³/mol. The molecule has 14 heavy (non-hydrogen) atoms. The third-order valence-electron chi connectivity index (χ3n) is 2.61. The molecular weight excluding hydrogens is 196 g/mol. The molecule has 0 heterocycles. The van der Waals surface area contributed by atoms with Gasteiger partial charge < -0.3 is 0 Å². The Balaban J connectivity index is 4.61. The summed E-state index contributed by atoms with van der Waals surface area (Å²) in [6.07, 6.45) is 5.14. The number of hydrogen-bond acceptors (Lipinski definition) is 1. The molecule has 0 radical (unpaired) electrons. The van der Waals surface area contributed by atoms with E-state index in [2.05, 4.69) is 20.1 Å². The van der Waals surface area contributed by atoms with Crippen LogP contribution in [0.5, 0.6) is 0 Å². The molecule has 2 heteroatoms. The van der Waals surface area contributed by atoms with Crippen molar-refractivity contribution >= 4 is 16.8 Å². The normalized spacial score (nSPS) is 14.5. The van der Waals surface area contributed by atoms with Crippen LogP contribution in [0.2, 0.25) is 0 Å². The molecule has 80 valence electrons. The monoisotopic (exact) mass is 214 g/mol. The third kappa shape index (κ3) is 3.30. The molecule has 0 aliphatic heterocycles. The number of rotatable bonds is 7. The van der Waals surface area contributed by atoms with Gasteiger partial charge in [0.1, 0.15) is 0 Å². The first-order valence-corrected chi connectivity index (χ1v) is 5.36. The minimum atomic E-state index is -0.578. The van der Waals surface area contributed by atoms with Gasteiger partial charge in [-0.2, -0.15) is 0 Å². The Morgan fingerprint density at radius 1 is 1.57 bits per heavy atom. The molecule has 0 aromatic carbocycles. The summed E-state index contributed by atoms with van der Waals surface area (Å²) in [6.45, 7) is 11.5. The lowest BCUT2D eigenvalue weighted by molar-refractivity contribution is -0.118. The predicted octanol–water partition coefficient (Wildman–Crippen LogP) is 4.08. The summed E-state index contributed by atoms with van der Waals surface area (Å²) in [5.74, 6) is 0. The molecular formula is C12H19ClO. The topological polar surface area (TPSA) is 17.1 Å². The molecule has 0 saturated heterocycles. The first kappa shape index (κ1) is 13.4. The molecule has 0 fully saturated rings. The smallest absolute Gasteiger partial charge is 0.231 e. The Morgan fingerprint density at radius 2 is 2.14 bits per heavy atom. The number of carbonyl (C=O) groups excluding carboxylic acids is 1. The minimum Gasteiger partial charge on any atom is -0.280 e. The van der Waals surface area contributed by atoms with E-state index in [1.54, 1.807) is 6.08 Å². The van der Waals surface area contributed by atoms with Crippen LogP contribution in [0.4, 0.5) is 0 Å². The highest BCUT2D eigenvalue weighted by Gasteiger charge is 2.33. The maximum absolute atomic E-state index is 11.4. The Hall–Kier alpha value is -0.560. The van der Waals surface area contributed by atoms with Gasteiger partial charge in [-0.3, -0.25) is 4.79 Å². The second-order valence-electron chi connectivity index (χ2n) is 3.79. The van der Waals surface area contributed by atoms with Crippen LogP contribution in [-0.2, 0) is 4.79 Å². The average molecular weight is 215 g/mol. The van der Waals surface area contributed by atoms with Crippen LogP contribution in [0.1, 0.15) is 39.5 Å². The molecule has 0 spiro atoms. The lowest BCUT2D eigenvalue weighted by atomic mass is 9.78. The van der Waals surface area contributed by atoms with Gasteiger partial charge in [0.25, 0.3) is 0 Å². The van der Waals surface area contributed by atoms with E-state index >= 15 is 0 Å². The lowest BCUT2D eigenvalue weighted by Crippen LogP contribution is -2.26. The Labute approximate surface area is 91.8 Å². The van der Waals surface area contributed by atoms with Crippen LogP contribution in [0.3, 0.4) is 0 Å². The molecule has 0 rings (SSSR count). The Morgan fingerprint density at radius 3 is 2.50 bits per heavy atom. The van der Waals surface area contributed by atoms with Gasteiger partial charge in [-0.15, -0.1) is 6.58 Å². The summed E-state index contributed by atoms with van der Waals surface area (Å²) in [4.78, 5) is 11.4. The fourth-order valence-corrected chi connectivity index (χ4v) is 1.61. The average Bonchev–Trinajstić information content (AvgIpc) is 2.14. The van der Waals surface area contributed by atoms with Crippen molar-refractivity contribution in [3.8, 4) is 0 Å². The highest BCUT2D eigenvalue weighted by atomic mass is 35.5. The molecule has 0 aliphatic carbocycles. The van der Waals surface area contributed by atoms with Crippen molar-refractivity contribution in [1.29, 1.82) is 0 Å². The zero-order valence-electron chi connectivity index (χ0n) is 9.11. The first-order valence-electron chi connectivity index (χ1n) is 4.98. The van der Waals surface area contributed by atoms with Crippen molar-refractivity contribution in [3.63, 3.8) is 0 Å². The summed E-state index contributed by atoms with van der Waals surface area (Å²) < 4.78 is 0. The van der Waals surface area contributed by atoms with Crippen molar-refractivity contribution in [2.24, 2.45) is 5.41 Å². The van der Waals surface area contributed by atoms with Gasteiger partial charge in [-0.1, -0.05) is 31.6 Å².